The minimum absolute atomic E-state index is 0.0771. The molecule has 2 rings (SSSR count). The van der Waals surface area contributed by atoms with Gasteiger partial charge in [0.15, 0.2) is 0 Å². The zero-order valence-electron chi connectivity index (χ0n) is 12.1. The minimum atomic E-state index is -0.199. The van der Waals surface area contributed by atoms with Gasteiger partial charge < -0.3 is 5.32 Å². The summed E-state index contributed by atoms with van der Waals surface area (Å²) in [5, 5.41) is 8.32. The Bertz CT molecular complexity index is 578. The Labute approximate surface area is 118 Å². The summed E-state index contributed by atoms with van der Waals surface area (Å²) < 4.78 is 0. The van der Waals surface area contributed by atoms with Crippen LogP contribution < -0.4 is 10.3 Å². The number of nitrogens with zero attached hydrogens (tertiary/aromatic N) is 2. The highest BCUT2D eigenvalue weighted by atomic mass is 16.2. The van der Waals surface area contributed by atoms with Crippen LogP contribution in [0.1, 0.15) is 30.9 Å². The van der Waals surface area contributed by atoms with Crippen molar-refractivity contribution in [2.75, 3.05) is 11.6 Å². The number of carbonyl (C=O) groups is 2. The Morgan fingerprint density at radius 3 is 2.80 bits per heavy atom. The molecule has 0 saturated heterocycles. The molecule has 0 saturated carbocycles. The fourth-order valence-corrected chi connectivity index (χ4v) is 2.12. The SMILES string of the molecule is CCNC(=O)C1=NN(c2cc(C)ccc2C)C(=O)CC1. The van der Waals surface area contributed by atoms with E-state index >= 15 is 0 Å². The second-order valence-electron chi connectivity index (χ2n) is 4.90. The summed E-state index contributed by atoms with van der Waals surface area (Å²) in [5.41, 5.74) is 3.17. The van der Waals surface area contributed by atoms with Crippen LogP contribution in [-0.4, -0.2) is 24.1 Å². The fraction of sp³-hybridized carbons (Fsp3) is 0.400. The molecule has 0 aromatic heterocycles. The summed E-state index contributed by atoms with van der Waals surface area (Å²) in [7, 11) is 0. The number of carbonyl (C=O) groups excluding carboxylic acids is 2. The average molecular weight is 273 g/mol. The second-order valence-corrected chi connectivity index (χ2v) is 4.90. The molecule has 5 nitrogen and oxygen atoms in total. The van der Waals surface area contributed by atoms with Crippen LogP contribution in [0.15, 0.2) is 23.3 Å². The van der Waals surface area contributed by atoms with Gasteiger partial charge in [-0.1, -0.05) is 12.1 Å². The van der Waals surface area contributed by atoms with Crippen LogP contribution in [0.25, 0.3) is 0 Å². The number of amides is 2. The lowest BCUT2D eigenvalue weighted by atomic mass is 10.1. The molecule has 1 N–H and O–H groups in total. The molecule has 0 spiro atoms. The maximum atomic E-state index is 12.1. The Morgan fingerprint density at radius 2 is 2.10 bits per heavy atom. The van der Waals surface area contributed by atoms with E-state index in [-0.39, 0.29) is 11.8 Å². The van der Waals surface area contributed by atoms with Gasteiger partial charge in [-0.3, -0.25) is 9.59 Å². The average Bonchev–Trinajstić information content (AvgIpc) is 2.42. The van der Waals surface area contributed by atoms with Crippen LogP contribution >= 0.6 is 0 Å². The summed E-state index contributed by atoms with van der Waals surface area (Å²) in [6.45, 7) is 6.30. The predicted molar refractivity (Wildman–Crippen MR) is 78.8 cm³/mol. The molecule has 0 aliphatic carbocycles. The number of hydrogen-bond acceptors (Lipinski definition) is 3. The Kier molecular flexibility index (Phi) is 4.17. The van der Waals surface area contributed by atoms with Crippen molar-refractivity contribution in [3.63, 3.8) is 0 Å². The molecule has 2 amide bonds. The van der Waals surface area contributed by atoms with Crippen molar-refractivity contribution in [1.82, 2.24) is 5.32 Å². The van der Waals surface area contributed by atoms with Crippen molar-refractivity contribution in [2.24, 2.45) is 5.10 Å². The molecule has 1 heterocycles. The van der Waals surface area contributed by atoms with Crippen LogP contribution in [-0.2, 0) is 9.59 Å². The van der Waals surface area contributed by atoms with E-state index in [9.17, 15) is 9.59 Å². The predicted octanol–water partition coefficient (Wildman–Crippen LogP) is 1.92. The van der Waals surface area contributed by atoms with Crippen LogP contribution in [0.4, 0.5) is 5.69 Å². The summed E-state index contributed by atoms with van der Waals surface area (Å²) in [6, 6.07) is 5.85. The highest BCUT2D eigenvalue weighted by Crippen LogP contribution is 2.25. The molecule has 0 radical (unpaired) electrons. The quantitative estimate of drug-likeness (QED) is 0.914. The molecule has 0 atom stereocenters. The first kappa shape index (κ1) is 14.2. The number of aryl methyl sites for hydroxylation is 2. The molecule has 20 heavy (non-hydrogen) atoms. The molecule has 106 valence electrons. The standard InChI is InChI=1S/C15H19N3O2/c1-4-16-15(20)12-7-8-14(19)18(17-12)13-9-10(2)5-6-11(13)3/h5-6,9H,4,7-8H2,1-3H3,(H,16,20). The van der Waals surface area contributed by atoms with Crippen LogP contribution in [0.2, 0.25) is 0 Å². The normalized spacial score (nSPS) is 15.1. The monoisotopic (exact) mass is 273 g/mol. The summed E-state index contributed by atoms with van der Waals surface area (Å²) >= 11 is 0. The zero-order valence-corrected chi connectivity index (χ0v) is 12.1. The number of anilines is 1. The molecule has 1 aliphatic rings. The third-order valence-corrected chi connectivity index (χ3v) is 3.22. The Morgan fingerprint density at radius 1 is 1.35 bits per heavy atom. The maximum absolute atomic E-state index is 12.1. The van der Waals surface area contributed by atoms with Gasteiger partial charge in [-0.2, -0.15) is 5.10 Å². The van der Waals surface area contributed by atoms with Gasteiger partial charge in [0.25, 0.3) is 5.91 Å². The van der Waals surface area contributed by atoms with Gasteiger partial charge in [0.2, 0.25) is 5.91 Å². The van der Waals surface area contributed by atoms with E-state index in [0.717, 1.165) is 16.8 Å². The second kappa shape index (κ2) is 5.86. The van der Waals surface area contributed by atoms with Crippen molar-refractivity contribution in [3.8, 4) is 0 Å². The van der Waals surface area contributed by atoms with E-state index in [2.05, 4.69) is 10.4 Å². The molecule has 0 unspecified atom stereocenters. The number of benzene rings is 1. The van der Waals surface area contributed by atoms with Crippen LogP contribution in [0.3, 0.4) is 0 Å². The summed E-state index contributed by atoms with van der Waals surface area (Å²) in [5.74, 6) is -0.276. The van der Waals surface area contributed by atoms with Crippen molar-refractivity contribution in [2.45, 2.75) is 33.6 Å². The lowest BCUT2D eigenvalue weighted by Gasteiger charge is -2.24. The van der Waals surface area contributed by atoms with Gasteiger partial charge >= 0.3 is 0 Å². The zero-order chi connectivity index (χ0) is 14.7. The van der Waals surface area contributed by atoms with Gasteiger partial charge in [0.05, 0.1) is 5.69 Å². The number of nitrogens with one attached hydrogen (secondary N) is 1. The van der Waals surface area contributed by atoms with E-state index in [1.165, 1.54) is 5.01 Å². The third-order valence-electron chi connectivity index (χ3n) is 3.22. The number of hydrazone groups is 1. The van der Waals surface area contributed by atoms with Gasteiger partial charge in [-0.25, -0.2) is 5.01 Å². The van der Waals surface area contributed by atoms with Crippen LogP contribution in [0.5, 0.6) is 0 Å². The highest BCUT2D eigenvalue weighted by Gasteiger charge is 2.26. The van der Waals surface area contributed by atoms with Gasteiger partial charge in [0, 0.05) is 19.4 Å². The van der Waals surface area contributed by atoms with Gasteiger partial charge in [0.1, 0.15) is 5.71 Å². The first-order valence-electron chi connectivity index (χ1n) is 6.78. The van der Waals surface area contributed by atoms with E-state index in [1.807, 2.05) is 39.0 Å². The summed E-state index contributed by atoms with van der Waals surface area (Å²) in [6.07, 6.45) is 0.704. The molecule has 1 aromatic carbocycles. The Hall–Kier alpha value is -2.17. The van der Waals surface area contributed by atoms with Gasteiger partial charge in [-0.15, -0.1) is 0 Å². The molecule has 1 aliphatic heterocycles. The first-order valence-corrected chi connectivity index (χ1v) is 6.78. The topological polar surface area (TPSA) is 61.8 Å². The molecule has 1 aromatic rings. The van der Waals surface area contributed by atoms with Crippen molar-refractivity contribution >= 4 is 23.2 Å². The molecule has 0 bridgehead atoms. The first-order chi connectivity index (χ1) is 9.52. The minimum Gasteiger partial charge on any atom is -0.351 e. The fourth-order valence-electron chi connectivity index (χ4n) is 2.12. The summed E-state index contributed by atoms with van der Waals surface area (Å²) in [4.78, 5) is 23.9. The van der Waals surface area contributed by atoms with E-state index in [1.54, 1.807) is 0 Å². The lowest BCUT2D eigenvalue weighted by Crippen LogP contribution is -2.39. The number of rotatable bonds is 3. The lowest BCUT2D eigenvalue weighted by molar-refractivity contribution is -0.118. The molecular formula is C15H19N3O2. The third kappa shape index (κ3) is 2.87. The van der Waals surface area contributed by atoms with Crippen molar-refractivity contribution in [1.29, 1.82) is 0 Å². The van der Waals surface area contributed by atoms with E-state index < -0.39 is 0 Å². The van der Waals surface area contributed by atoms with Crippen LogP contribution in [0, 0.1) is 13.8 Å². The maximum Gasteiger partial charge on any atom is 0.267 e. The largest absolute Gasteiger partial charge is 0.351 e. The molecule has 5 heteroatoms. The van der Waals surface area contributed by atoms with Gasteiger partial charge in [-0.05, 0) is 38.0 Å². The smallest absolute Gasteiger partial charge is 0.267 e. The van der Waals surface area contributed by atoms with Crippen molar-refractivity contribution < 1.29 is 9.59 Å². The van der Waals surface area contributed by atoms with E-state index in [4.69, 9.17) is 0 Å². The molecule has 0 fully saturated rings. The highest BCUT2D eigenvalue weighted by molar-refractivity contribution is 6.40. The Balaban J connectivity index is 2.37. The molecular weight excluding hydrogens is 254 g/mol. The van der Waals surface area contributed by atoms with Crippen molar-refractivity contribution in [3.05, 3.63) is 29.3 Å². The van der Waals surface area contributed by atoms with E-state index in [0.29, 0.717) is 25.1 Å². The number of hydrogen-bond donors (Lipinski definition) is 1.